The number of nitrogens with zero attached hydrogens (tertiary/aromatic N) is 5. The molecule has 95 heavy (non-hydrogen) atoms. The van der Waals surface area contributed by atoms with Gasteiger partial charge in [-0.05, 0) is 121 Å². The SMILES string of the molecule is Clc1nc(-c2ccccc2)c2c(n1)oc1ccccc12.c1ccc(-c2nc(-n3c4ccc5c6cc7ccccc7cc6oc5c4c4ccc5ccccc5c43)nc3oc4ccccc4c23)cc1.c1ccc2cc3c(cc2c1)oc1c2c(ccc13)Cc1c-2ccc2ccccc12. The van der Waals surface area contributed by atoms with Gasteiger partial charge in [-0.15, -0.1) is 0 Å². The summed E-state index contributed by atoms with van der Waals surface area (Å²) in [4.78, 5) is 19.1. The lowest BCUT2D eigenvalue weighted by atomic mass is 9.98. The molecular weight excluding hydrogens is 1190 g/mol. The summed E-state index contributed by atoms with van der Waals surface area (Å²) in [6, 6.07) is 96.8. The maximum absolute atomic E-state index is 6.77. The average Bonchev–Trinajstić information content (AvgIpc) is 1.55. The maximum Gasteiger partial charge on any atom is 0.238 e. The van der Waals surface area contributed by atoms with E-state index in [1.54, 1.807) is 0 Å². The second kappa shape index (κ2) is 20.8. The predicted molar refractivity (Wildman–Crippen MR) is 388 cm³/mol. The normalized spacial score (nSPS) is 12.2. The number of benzene rings is 14. The zero-order chi connectivity index (χ0) is 62.4. The van der Waals surface area contributed by atoms with Crippen molar-refractivity contribution in [1.29, 1.82) is 0 Å². The first-order valence-corrected chi connectivity index (χ1v) is 32.1. The number of furan rings is 4. The Balaban J connectivity index is 0.000000109. The fourth-order valence-corrected chi connectivity index (χ4v) is 15.0. The first-order valence-electron chi connectivity index (χ1n) is 31.7. The van der Waals surface area contributed by atoms with Gasteiger partial charge in [0.1, 0.15) is 33.5 Å². The van der Waals surface area contributed by atoms with E-state index in [1.165, 1.54) is 60.0 Å². The summed E-state index contributed by atoms with van der Waals surface area (Å²) in [5.41, 5.74) is 17.4. The number of halogens is 1. The van der Waals surface area contributed by atoms with Gasteiger partial charge in [0.05, 0.1) is 38.6 Å². The monoisotopic (exact) mass is 1240 g/mol. The molecule has 1 aliphatic carbocycles. The molecule has 0 radical (unpaired) electrons. The van der Waals surface area contributed by atoms with Crippen LogP contribution < -0.4 is 0 Å². The van der Waals surface area contributed by atoms with Gasteiger partial charge in [-0.2, -0.15) is 9.97 Å². The summed E-state index contributed by atoms with van der Waals surface area (Å²) in [5.74, 6) is 0.549. The number of rotatable bonds is 3. The minimum atomic E-state index is 0.190. The third-order valence-corrected chi connectivity index (χ3v) is 19.3. The van der Waals surface area contributed by atoms with E-state index in [-0.39, 0.29) is 5.28 Å². The van der Waals surface area contributed by atoms with Crippen molar-refractivity contribution in [1.82, 2.24) is 24.5 Å². The molecule has 0 N–H and O–H groups in total. The molecule has 0 unspecified atom stereocenters. The number of fused-ring (bicyclic) bond motifs is 26. The van der Waals surface area contributed by atoms with Crippen LogP contribution >= 0.6 is 11.6 Å². The van der Waals surface area contributed by atoms with Crippen molar-refractivity contribution < 1.29 is 17.7 Å². The molecule has 21 aromatic rings. The maximum atomic E-state index is 6.77. The second-order valence-corrected chi connectivity index (χ2v) is 24.8. The summed E-state index contributed by atoms with van der Waals surface area (Å²) in [6.45, 7) is 0. The van der Waals surface area contributed by atoms with Gasteiger partial charge in [-0.3, -0.25) is 4.57 Å². The van der Waals surface area contributed by atoms with Crippen molar-refractivity contribution in [3.05, 3.63) is 295 Å². The molecular formula is C85H48ClN5O4. The Morgan fingerprint density at radius 3 is 1.45 bits per heavy atom. The lowest BCUT2D eigenvalue weighted by Gasteiger charge is -2.10. The van der Waals surface area contributed by atoms with Gasteiger partial charge >= 0.3 is 0 Å². The number of aromatic nitrogens is 5. The number of hydrogen-bond acceptors (Lipinski definition) is 8. The van der Waals surface area contributed by atoms with Crippen molar-refractivity contribution >= 4 is 165 Å². The Hall–Kier alpha value is -12.4. The van der Waals surface area contributed by atoms with Crippen molar-refractivity contribution in [2.75, 3.05) is 0 Å². The average molecular weight is 1240 g/mol. The molecule has 0 bridgehead atoms. The Morgan fingerprint density at radius 1 is 0.326 bits per heavy atom. The van der Waals surface area contributed by atoms with Crippen molar-refractivity contribution in [3.8, 4) is 39.6 Å². The zero-order valence-electron chi connectivity index (χ0n) is 50.5. The topological polar surface area (TPSA) is 109 Å². The minimum Gasteiger partial charge on any atom is -0.455 e. The Morgan fingerprint density at radius 2 is 0.811 bits per heavy atom. The van der Waals surface area contributed by atoms with E-state index < -0.39 is 0 Å². The van der Waals surface area contributed by atoms with Crippen LogP contribution in [0.4, 0.5) is 0 Å². The van der Waals surface area contributed by atoms with E-state index in [9.17, 15) is 0 Å². The van der Waals surface area contributed by atoms with Crippen LogP contribution in [-0.4, -0.2) is 24.5 Å². The molecule has 0 fully saturated rings. The molecule has 0 saturated carbocycles. The Kier molecular flexibility index (Phi) is 11.7. The molecule has 14 aromatic carbocycles. The van der Waals surface area contributed by atoms with Crippen LogP contribution in [0.3, 0.4) is 0 Å². The zero-order valence-corrected chi connectivity index (χ0v) is 51.3. The summed E-state index contributed by atoms with van der Waals surface area (Å²) in [7, 11) is 0. The van der Waals surface area contributed by atoms with Crippen molar-refractivity contribution in [3.63, 3.8) is 0 Å². The van der Waals surface area contributed by atoms with Gasteiger partial charge in [0.15, 0.2) is 0 Å². The molecule has 0 saturated heterocycles. The van der Waals surface area contributed by atoms with Crippen molar-refractivity contribution in [2.45, 2.75) is 6.42 Å². The summed E-state index contributed by atoms with van der Waals surface area (Å²) < 4.78 is 27.6. The molecule has 22 rings (SSSR count). The van der Waals surface area contributed by atoms with Crippen LogP contribution in [-0.2, 0) is 6.42 Å². The van der Waals surface area contributed by atoms with E-state index >= 15 is 0 Å². The number of hydrogen-bond donors (Lipinski definition) is 0. The molecule has 0 atom stereocenters. The van der Waals surface area contributed by atoms with Crippen LogP contribution in [0.5, 0.6) is 0 Å². The lowest BCUT2D eigenvalue weighted by Crippen LogP contribution is -2.03. The molecule has 7 aromatic heterocycles. The standard InChI is InChI=1S/C42H23N3O2.C27H16O.C16H9ClN2O/c1-2-11-25(12-3-1)38-37-30-16-8-9-17-34(30)47-41(37)44-42(43-38)45-33-21-20-29-32-22-26-13-4-5-14-27(26)23-35(32)46-40(29)36(33)31-19-18-24-10-6-7-15-28(24)39(31)45;1-2-7-18-15-25-24(13-17(18)6-1)22-12-10-19-14-23-20-8-4-3-5-16(20)9-11-21(23)26(19)27(22)28-25;17-16-18-14(10-6-2-1-3-7-10)13-11-8-4-5-9-12(11)20-15(13)19-16/h1-23H;1-13,15H,14H2;1-9H. The molecule has 10 heteroatoms. The van der Waals surface area contributed by atoms with Crippen LogP contribution in [0.25, 0.3) is 193 Å². The van der Waals surface area contributed by atoms with Crippen LogP contribution in [0.1, 0.15) is 11.1 Å². The third-order valence-electron chi connectivity index (χ3n) is 19.1. The molecule has 9 nitrogen and oxygen atoms in total. The van der Waals surface area contributed by atoms with Crippen LogP contribution in [0, 0.1) is 0 Å². The van der Waals surface area contributed by atoms with Gasteiger partial charge in [-0.25, -0.2) is 9.97 Å². The fourth-order valence-electron chi connectivity index (χ4n) is 14.9. The molecule has 7 heterocycles. The summed E-state index contributed by atoms with van der Waals surface area (Å²) >= 11 is 6.02. The highest BCUT2D eigenvalue weighted by molar-refractivity contribution is 6.30. The highest BCUT2D eigenvalue weighted by Gasteiger charge is 2.28. The third kappa shape index (κ3) is 8.29. The van der Waals surface area contributed by atoms with Gasteiger partial charge < -0.3 is 17.7 Å². The molecule has 444 valence electrons. The lowest BCUT2D eigenvalue weighted by molar-refractivity contribution is 0.651. The van der Waals surface area contributed by atoms with E-state index in [4.69, 9.17) is 39.2 Å². The number of para-hydroxylation sites is 2. The van der Waals surface area contributed by atoms with E-state index in [2.05, 4.69) is 203 Å². The molecule has 1 aliphatic rings. The Bertz CT molecular complexity index is 6780. The van der Waals surface area contributed by atoms with Gasteiger partial charge in [0, 0.05) is 59.8 Å². The highest BCUT2D eigenvalue weighted by atomic mass is 35.5. The Labute approximate surface area is 544 Å². The molecule has 0 spiro atoms. The van der Waals surface area contributed by atoms with Crippen molar-refractivity contribution in [2.24, 2.45) is 0 Å². The summed E-state index contributed by atoms with van der Waals surface area (Å²) in [6.07, 6.45) is 0.973. The first-order chi connectivity index (χ1) is 47.0. The minimum absolute atomic E-state index is 0.190. The van der Waals surface area contributed by atoms with Gasteiger partial charge in [0.2, 0.25) is 22.7 Å². The molecule has 0 amide bonds. The quantitative estimate of drug-likeness (QED) is 0.161. The van der Waals surface area contributed by atoms with Crippen LogP contribution in [0.15, 0.2) is 297 Å². The van der Waals surface area contributed by atoms with Gasteiger partial charge in [0.25, 0.3) is 0 Å². The smallest absolute Gasteiger partial charge is 0.238 e. The first kappa shape index (κ1) is 53.3. The van der Waals surface area contributed by atoms with Gasteiger partial charge in [-0.1, -0.05) is 231 Å². The second-order valence-electron chi connectivity index (χ2n) is 24.4. The fraction of sp³-hybridized carbons (Fsp3) is 0.0118. The largest absolute Gasteiger partial charge is 0.455 e. The predicted octanol–water partition coefficient (Wildman–Crippen LogP) is 23.5. The van der Waals surface area contributed by atoms with E-state index in [0.717, 1.165) is 133 Å². The van der Waals surface area contributed by atoms with E-state index in [0.29, 0.717) is 17.4 Å². The van der Waals surface area contributed by atoms with E-state index in [1.807, 2.05) is 91.0 Å². The molecule has 0 aliphatic heterocycles. The van der Waals surface area contributed by atoms with Crippen LogP contribution in [0.2, 0.25) is 5.28 Å². The highest BCUT2D eigenvalue weighted by Crippen LogP contribution is 2.48. The summed E-state index contributed by atoms with van der Waals surface area (Å²) in [5, 5.41) is 20.5.